The number of nitrogens with zero attached hydrogens (tertiary/aromatic N) is 2. The summed E-state index contributed by atoms with van der Waals surface area (Å²) in [6, 6.07) is 3.13. The van der Waals surface area contributed by atoms with Crippen LogP contribution in [0.5, 0.6) is 0 Å². The molecule has 0 bridgehead atoms. The first-order chi connectivity index (χ1) is 8.90. The SMILES string of the molecule is c1nc(NC2CCCCC2)cc(NC2CNC2)n1. The van der Waals surface area contributed by atoms with Gasteiger partial charge in [-0.2, -0.15) is 0 Å². The molecule has 2 fully saturated rings. The molecule has 0 unspecified atom stereocenters. The summed E-state index contributed by atoms with van der Waals surface area (Å²) in [5, 5.41) is 10.2. The molecule has 0 radical (unpaired) electrons. The molecule has 1 saturated heterocycles. The summed E-state index contributed by atoms with van der Waals surface area (Å²) in [7, 11) is 0. The second-order valence-electron chi connectivity index (χ2n) is 5.27. The van der Waals surface area contributed by atoms with Gasteiger partial charge in [0.1, 0.15) is 18.0 Å². The Balaban J connectivity index is 1.58. The fourth-order valence-corrected chi connectivity index (χ4v) is 2.57. The van der Waals surface area contributed by atoms with E-state index in [1.165, 1.54) is 32.1 Å². The molecule has 18 heavy (non-hydrogen) atoms. The van der Waals surface area contributed by atoms with E-state index in [1.54, 1.807) is 6.33 Å². The van der Waals surface area contributed by atoms with Crippen LogP contribution in [0.1, 0.15) is 32.1 Å². The highest BCUT2D eigenvalue weighted by Crippen LogP contribution is 2.21. The molecule has 5 nitrogen and oxygen atoms in total. The number of hydrogen-bond acceptors (Lipinski definition) is 5. The summed E-state index contributed by atoms with van der Waals surface area (Å²) >= 11 is 0. The summed E-state index contributed by atoms with van der Waals surface area (Å²) in [5.41, 5.74) is 0. The Morgan fingerprint density at radius 1 is 0.944 bits per heavy atom. The lowest BCUT2D eigenvalue weighted by Crippen LogP contribution is -2.51. The minimum absolute atomic E-state index is 0.516. The molecule has 3 N–H and O–H groups in total. The van der Waals surface area contributed by atoms with Gasteiger partial charge in [0.2, 0.25) is 0 Å². The molecule has 0 aromatic carbocycles. The molecule has 1 aromatic heterocycles. The van der Waals surface area contributed by atoms with Crippen molar-refractivity contribution in [1.29, 1.82) is 0 Å². The van der Waals surface area contributed by atoms with Crippen LogP contribution in [0.15, 0.2) is 12.4 Å². The zero-order valence-electron chi connectivity index (χ0n) is 10.7. The molecular weight excluding hydrogens is 226 g/mol. The minimum atomic E-state index is 0.516. The van der Waals surface area contributed by atoms with E-state index in [0.717, 1.165) is 24.7 Å². The average molecular weight is 247 g/mol. The Kier molecular flexibility index (Phi) is 3.59. The molecule has 98 valence electrons. The van der Waals surface area contributed by atoms with Gasteiger partial charge in [-0.3, -0.25) is 0 Å². The van der Waals surface area contributed by atoms with Crippen LogP contribution < -0.4 is 16.0 Å². The van der Waals surface area contributed by atoms with Crippen LogP contribution in [-0.4, -0.2) is 35.1 Å². The minimum Gasteiger partial charge on any atom is -0.367 e. The van der Waals surface area contributed by atoms with Crippen LogP contribution >= 0.6 is 0 Å². The molecule has 0 amide bonds. The van der Waals surface area contributed by atoms with Crippen LogP contribution in [0.3, 0.4) is 0 Å². The summed E-state index contributed by atoms with van der Waals surface area (Å²) < 4.78 is 0. The van der Waals surface area contributed by atoms with E-state index in [1.807, 2.05) is 6.07 Å². The number of hydrogen-bond donors (Lipinski definition) is 3. The Hall–Kier alpha value is -1.36. The molecule has 1 aliphatic heterocycles. The third-order valence-electron chi connectivity index (χ3n) is 3.76. The zero-order valence-corrected chi connectivity index (χ0v) is 10.7. The lowest BCUT2D eigenvalue weighted by molar-refractivity contribution is 0.461. The van der Waals surface area contributed by atoms with Crippen LogP contribution in [0.2, 0.25) is 0 Å². The van der Waals surface area contributed by atoms with E-state index in [0.29, 0.717) is 12.1 Å². The average Bonchev–Trinajstić information content (AvgIpc) is 2.36. The van der Waals surface area contributed by atoms with Crippen molar-refractivity contribution in [2.24, 2.45) is 0 Å². The summed E-state index contributed by atoms with van der Waals surface area (Å²) in [6.07, 6.45) is 8.21. The maximum absolute atomic E-state index is 4.31. The van der Waals surface area contributed by atoms with E-state index in [-0.39, 0.29) is 0 Å². The standard InChI is InChI=1S/C13H21N5/c1-2-4-10(5-3-1)17-12-6-13(16-9-15-12)18-11-7-14-8-11/h6,9-11,14H,1-5,7-8H2,(H2,15,16,17,18). The Bertz CT molecular complexity index is 385. The maximum atomic E-state index is 4.31. The van der Waals surface area contributed by atoms with Gasteiger partial charge in [-0.1, -0.05) is 19.3 Å². The monoisotopic (exact) mass is 247 g/mol. The van der Waals surface area contributed by atoms with Crippen molar-refractivity contribution in [2.45, 2.75) is 44.2 Å². The third-order valence-corrected chi connectivity index (χ3v) is 3.76. The highest BCUT2D eigenvalue weighted by molar-refractivity contribution is 5.47. The van der Waals surface area contributed by atoms with Crippen molar-refractivity contribution >= 4 is 11.6 Å². The van der Waals surface area contributed by atoms with Gasteiger partial charge >= 0.3 is 0 Å². The van der Waals surface area contributed by atoms with Crippen molar-refractivity contribution in [3.63, 3.8) is 0 Å². The summed E-state index contributed by atoms with van der Waals surface area (Å²) in [6.45, 7) is 2.05. The molecule has 5 heteroatoms. The molecular formula is C13H21N5. The highest BCUT2D eigenvalue weighted by atomic mass is 15.1. The smallest absolute Gasteiger partial charge is 0.131 e. The highest BCUT2D eigenvalue weighted by Gasteiger charge is 2.17. The number of aromatic nitrogens is 2. The first-order valence-corrected chi connectivity index (χ1v) is 6.96. The molecule has 3 rings (SSSR count). The quantitative estimate of drug-likeness (QED) is 0.754. The molecule has 1 saturated carbocycles. The number of nitrogens with one attached hydrogen (secondary N) is 3. The van der Waals surface area contributed by atoms with Gasteiger partial charge in [-0.15, -0.1) is 0 Å². The van der Waals surface area contributed by atoms with Gasteiger partial charge in [-0.05, 0) is 12.8 Å². The van der Waals surface area contributed by atoms with Gasteiger partial charge in [0, 0.05) is 25.2 Å². The normalized spacial score (nSPS) is 21.3. The van der Waals surface area contributed by atoms with E-state index < -0.39 is 0 Å². The predicted octanol–water partition coefficient (Wildman–Crippen LogP) is 1.60. The largest absolute Gasteiger partial charge is 0.367 e. The third kappa shape index (κ3) is 2.90. The van der Waals surface area contributed by atoms with E-state index >= 15 is 0 Å². The second-order valence-corrected chi connectivity index (χ2v) is 5.27. The topological polar surface area (TPSA) is 61.9 Å². The molecule has 0 atom stereocenters. The van der Waals surface area contributed by atoms with Crippen LogP contribution in [0, 0.1) is 0 Å². The molecule has 1 aliphatic carbocycles. The molecule has 1 aromatic rings. The van der Waals surface area contributed by atoms with E-state index in [2.05, 4.69) is 25.9 Å². The van der Waals surface area contributed by atoms with Crippen LogP contribution in [0.25, 0.3) is 0 Å². The van der Waals surface area contributed by atoms with Gasteiger partial charge < -0.3 is 16.0 Å². The van der Waals surface area contributed by atoms with Gasteiger partial charge in [0.25, 0.3) is 0 Å². The van der Waals surface area contributed by atoms with Gasteiger partial charge in [0.05, 0.1) is 6.04 Å². The van der Waals surface area contributed by atoms with Crippen LogP contribution in [0.4, 0.5) is 11.6 Å². The lowest BCUT2D eigenvalue weighted by Gasteiger charge is -2.28. The first-order valence-electron chi connectivity index (χ1n) is 6.96. The number of anilines is 2. The molecule has 2 heterocycles. The zero-order chi connectivity index (χ0) is 12.2. The van der Waals surface area contributed by atoms with Crippen molar-refractivity contribution in [3.8, 4) is 0 Å². The first kappa shape index (κ1) is 11.7. The fraction of sp³-hybridized carbons (Fsp3) is 0.692. The van der Waals surface area contributed by atoms with Crippen molar-refractivity contribution < 1.29 is 0 Å². The second kappa shape index (κ2) is 5.52. The Morgan fingerprint density at radius 2 is 1.61 bits per heavy atom. The molecule has 2 aliphatic rings. The maximum Gasteiger partial charge on any atom is 0.131 e. The molecule has 0 spiro atoms. The van der Waals surface area contributed by atoms with Crippen molar-refractivity contribution in [3.05, 3.63) is 12.4 Å². The van der Waals surface area contributed by atoms with Crippen molar-refractivity contribution in [1.82, 2.24) is 15.3 Å². The van der Waals surface area contributed by atoms with E-state index in [9.17, 15) is 0 Å². The van der Waals surface area contributed by atoms with Crippen LogP contribution in [-0.2, 0) is 0 Å². The number of rotatable bonds is 4. The summed E-state index contributed by atoms with van der Waals surface area (Å²) in [5.74, 6) is 1.88. The Morgan fingerprint density at radius 3 is 2.22 bits per heavy atom. The Labute approximate surface area is 108 Å². The fourth-order valence-electron chi connectivity index (χ4n) is 2.57. The van der Waals surface area contributed by atoms with Crippen molar-refractivity contribution in [2.75, 3.05) is 23.7 Å². The predicted molar refractivity (Wildman–Crippen MR) is 72.8 cm³/mol. The van der Waals surface area contributed by atoms with E-state index in [4.69, 9.17) is 0 Å². The summed E-state index contributed by atoms with van der Waals surface area (Å²) in [4.78, 5) is 8.57. The lowest BCUT2D eigenvalue weighted by atomic mass is 9.95. The van der Waals surface area contributed by atoms with Gasteiger partial charge in [0.15, 0.2) is 0 Å². The van der Waals surface area contributed by atoms with Gasteiger partial charge in [-0.25, -0.2) is 9.97 Å².